The van der Waals surface area contributed by atoms with Gasteiger partial charge in [-0.3, -0.25) is 38.6 Å². The lowest BCUT2D eigenvalue weighted by molar-refractivity contribution is -0.128. The molecule has 2 N–H and O–H groups in total. The maximum absolute atomic E-state index is 12.1. The normalized spacial score (nSPS) is 16.7. The molecule has 0 spiro atoms. The van der Waals surface area contributed by atoms with E-state index in [-0.39, 0.29) is 11.5 Å². The van der Waals surface area contributed by atoms with Crippen LogP contribution in [0.25, 0.3) is 0 Å². The lowest BCUT2D eigenvalue weighted by Gasteiger charge is -2.14. The van der Waals surface area contributed by atoms with E-state index in [1.807, 2.05) is 0 Å². The summed E-state index contributed by atoms with van der Waals surface area (Å²) in [6, 6.07) is 6.19. The number of anilines is 2. The SMILES string of the molecule is O=C(CN1C(=O)CSC1=O)Nc1cccc(NC(=O)CN2C(=O)CSC2=O)c1. The number of amides is 6. The van der Waals surface area contributed by atoms with Crippen LogP contribution in [-0.4, -0.2) is 68.5 Å². The smallest absolute Gasteiger partial charge is 0.289 e. The van der Waals surface area contributed by atoms with Gasteiger partial charge in [-0.05, 0) is 18.2 Å². The van der Waals surface area contributed by atoms with Crippen LogP contribution >= 0.6 is 23.5 Å². The highest BCUT2D eigenvalue weighted by atomic mass is 32.2. The summed E-state index contributed by atoms with van der Waals surface area (Å²) in [4.78, 5) is 72.0. The predicted molar refractivity (Wildman–Crippen MR) is 103 cm³/mol. The third-order valence-electron chi connectivity index (χ3n) is 3.71. The molecule has 1 aromatic rings. The zero-order chi connectivity index (χ0) is 20.3. The highest BCUT2D eigenvalue weighted by Gasteiger charge is 2.32. The molecular formula is C16H14N4O6S2. The van der Waals surface area contributed by atoms with E-state index in [9.17, 15) is 28.8 Å². The quantitative estimate of drug-likeness (QED) is 0.692. The zero-order valence-corrected chi connectivity index (χ0v) is 15.9. The molecule has 2 aliphatic rings. The minimum Gasteiger partial charge on any atom is -0.324 e. The summed E-state index contributed by atoms with van der Waals surface area (Å²) in [5.41, 5.74) is 0.692. The van der Waals surface area contributed by atoms with Gasteiger partial charge in [-0.1, -0.05) is 29.6 Å². The molecule has 0 aliphatic carbocycles. The van der Waals surface area contributed by atoms with E-state index in [0.717, 1.165) is 33.3 Å². The van der Waals surface area contributed by atoms with Crippen molar-refractivity contribution < 1.29 is 28.8 Å². The molecule has 2 fully saturated rings. The topological polar surface area (TPSA) is 133 Å². The summed E-state index contributed by atoms with van der Waals surface area (Å²) in [6.07, 6.45) is 0. The molecule has 2 aliphatic heterocycles. The Balaban J connectivity index is 1.56. The van der Waals surface area contributed by atoms with Gasteiger partial charge >= 0.3 is 0 Å². The number of carbonyl (C=O) groups excluding carboxylic acids is 6. The van der Waals surface area contributed by atoms with Crippen LogP contribution in [0.1, 0.15) is 0 Å². The van der Waals surface area contributed by atoms with E-state index in [2.05, 4.69) is 10.6 Å². The summed E-state index contributed by atoms with van der Waals surface area (Å²) in [7, 11) is 0. The molecule has 3 rings (SSSR count). The lowest BCUT2D eigenvalue weighted by atomic mass is 10.2. The van der Waals surface area contributed by atoms with E-state index in [1.165, 1.54) is 6.07 Å². The van der Waals surface area contributed by atoms with E-state index >= 15 is 0 Å². The number of nitrogens with zero attached hydrogens (tertiary/aromatic N) is 2. The minimum absolute atomic E-state index is 0.0220. The Morgan fingerprint density at radius 2 is 1.25 bits per heavy atom. The average molecular weight is 422 g/mol. The van der Waals surface area contributed by atoms with E-state index in [1.54, 1.807) is 18.2 Å². The number of thioether (sulfide) groups is 2. The van der Waals surface area contributed by atoms with Crippen molar-refractivity contribution in [3.8, 4) is 0 Å². The Kier molecular flexibility index (Phi) is 5.99. The van der Waals surface area contributed by atoms with Crippen LogP contribution in [0, 0.1) is 0 Å². The molecule has 0 atom stereocenters. The first kappa shape index (κ1) is 19.9. The molecular weight excluding hydrogens is 408 g/mol. The zero-order valence-electron chi connectivity index (χ0n) is 14.3. The van der Waals surface area contributed by atoms with Crippen molar-refractivity contribution in [2.75, 3.05) is 35.2 Å². The van der Waals surface area contributed by atoms with Gasteiger partial charge < -0.3 is 10.6 Å². The Hall–Kier alpha value is -2.86. The van der Waals surface area contributed by atoms with Crippen molar-refractivity contribution in [2.24, 2.45) is 0 Å². The largest absolute Gasteiger partial charge is 0.324 e. The van der Waals surface area contributed by atoms with Gasteiger partial charge in [-0.15, -0.1) is 0 Å². The first-order valence-electron chi connectivity index (χ1n) is 7.97. The van der Waals surface area contributed by atoms with E-state index < -0.39 is 47.2 Å². The van der Waals surface area contributed by atoms with Crippen LogP contribution in [0.15, 0.2) is 24.3 Å². The molecule has 10 nitrogen and oxygen atoms in total. The van der Waals surface area contributed by atoms with Crippen molar-refractivity contribution >= 4 is 69.0 Å². The molecule has 2 saturated heterocycles. The van der Waals surface area contributed by atoms with Crippen molar-refractivity contribution in [1.29, 1.82) is 0 Å². The maximum atomic E-state index is 12.1. The van der Waals surface area contributed by atoms with Gasteiger partial charge in [0, 0.05) is 11.4 Å². The molecule has 0 unspecified atom stereocenters. The third kappa shape index (κ3) is 4.70. The fourth-order valence-corrected chi connectivity index (χ4v) is 3.88. The van der Waals surface area contributed by atoms with Crippen LogP contribution in [0.2, 0.25) is 0 Å². The number of imide groups is 2. The van der Waals surface area contributed by atoms with E-state index in [4.69, 9.17) is 0 Å². The predicted octanol–water partition coefficient (Wildman–Crippen LogP) is 0.954. The lowest BCUT2D eigenvalue weighted by Crippen LogP contribution is -2.36. The van der Waals surface area contributed by atoms with Crippen molar-refractivity contribution in [3.63, 3.8) is 0 Å². The highest BCUT2D eigenvalue weighted by Crippen LogP contribution is 2.20. The van der Waals surface area contributed by atoms with Crippen LogP contribution in [-0.2, 0) is 19.2 Å². The van der Waals surface area contributed by atoms with Gasteiger partial charge in [-0.25, -0.2) is 0 Å². The summed E-state index contributed by atoms with van der Waals surface area (Å²) in [5, 5.41) is 4.15. The maximum Gasteiger partial charge on any atom is 0.289 e. The molecule has 0 radical (unpaired) electrons. The summed E-state index contributed by atoms with van der Waals surface area (Å²) < 4.78 is 0. The van der Waals surface area contributed by atoms with E-state index in [0.29, 0.717) is 11.4 Å². The molecule has 28 heavy (non-hydrogen) atoms. The van der Waals surface area contributed by atoms with Gasteiger partial charge in [0.05, 0.1) is 11.5 Å². The second kappa shape index (κ2) is 8.44. The van der Waals surface area contributed by atoms with Crippen LogP contribution in [0.5, 0.6) is 0 Å². The Bertz CT molecular complexity index is 790. The van der Waals surface area contributed by atoms with Crippen molar-refractivity contribution in [3.05, 3.63) is 24.3 Å². The monoisotopic (exact) mass is 422 g/mol. The number of hydrogen-bond acceptors (Lipinski definition) is 8. The number of rotatable bonds is 6. The first-order chi connectivity index (χ1) is 13.3. The van der Waals surface area contributed by atoms with Crippen LogP contribution in [0.3, 0.4) is 0 Å². The van der Waals surface area contributed by atoms with Gasteiger partial charge in [-0.2, -0.15) is 0 Å². The molecule has 6 amide bonds. The summed E-state index contributed by atoms with van der Waals surface area (Å²) >= 11 is 1.68. The highest BCUT2D eigenvalue weighted by molar-refractivity contribution is 8.15. The Labute approximate surface area is 167 Å². The average Bonchev–Trinajstić information content (AvgIpc) is 3.12. The third-order valence-corrected chi connectivity index (χ3v) is 5.43. The molecule has 0 aromatic heterocycles. The first-order valence-corrected chi connectivity index (χ1v) is 9.94. The standard InChI is InChI=1S/C16H14N4O6S2/c21-11(5-19-13(23)7-27-15(19)25)17-9-2-1-3-10(4-9)18-12(22)6-20-14(24)8-28-16(20)26/h1-4H,5-8H2,(H,17,21)(H,18,22). The van der Waals surface area contributed by atoms with Gasteiger partial charge in [0.15, 0.2) is 0 Å². The summed E-state index contributed by atoms with van der Waals surface area (Å²) in [6.45, 7) is -0.782. The molecule has 12 heteroatoms. The Morgan fingerprint density at radius 3 is 1.61 bits per heavy atom. The molecule has 0 bridgehead atoms. The van der Waals surface area contributed by atoms with Gasteiger partial charge in [0.2, 0.25) is 23.6 Å². The molecule has 2 heterocycles. The van der Waals surface area contributed by atoms with Crippen molar-refractivity contribution in [1.82, 2.24) is 9.80 Å². The van der Waals surface area contributed by atoms with Gasteiger partial charge in [0.1, 0.15) is 13.1 Å². The van der Waals surface area contributed by atoms with Crippen LogP contribution in [0.4, 0.5) is 21.0 Å². The molecule has 1 aromatic carbocycles. The number of carbonyl (C=O) groups is 6. The number of nitrogens with one attached hydrogen (secondary N) is 2. The second-order valence-electron chi connectivity index (χ2n) is 5.75. The van der Waals surface area contributed by atoms with Crippen molar-refractivity contribution in [2.45, 2.75) is 0 Å². The van der Waals surface area contributed by atoms with Crippen LogP contribution < -0.4 is 10.6 Å². The fourth-order valence-electron chi connectivity index (χ4n) is 2.43. The number of benzene rings is 1. The fraction of sp³-hybridized carbons (Fsp3) is 0.250. The Morgan fingerprint density at radius 1 is 0.821 bits per heavy atom. The molecule has 146 valence electrons. The second-order valence-corrected chi connectivity index (χ2v) is 7.60. The number of hydrogen-bond donors (Lipinski definition) is 2. The van der Waals surface area contributed by atoms with Gasteiger partial charge in [0.25, 0.3) is 10.5 Å². The molecule has 0 saturated carbocycles. The minimum atomic E-state index is -0.557. The summed E-state index contributed by atoms with van der Waals surface area (Å²) in [5.74, 6) is -1.91.